The fourth-order valence-electron chi connectivity index (χ4n) is 16.6. The molecule has 566 valence electrons. The average molecular weight is 1570 g/mol. The fraction of sp³-hybridized carbons (Fsp3) is 0.442. The van der Waals surface area contributed by atoms with Crippen LogP contribution in [0.5, 0.6) is 0 Å². The number of H-pyrrole nitrogens is 4. The van der Waals surface area contributed by atoms with E-state index in [1.54, 1.807) is 49.8 Å². The highest BCUT2D eigenvalue weighted by Crippen LogP contribution is 2.52. The number of nitrogens with one attached hydrogen (secondary N) is 4. The van der Waals surface area contributed by atoms with E-state index in [1.807, 2.05) is 44.3 Å². The third-order valence-corrected chi connectivity index (χ3v) is 25.7. The molecule has 0 bridgehead atoms. The Morgan fingerprint density at radius 1 is 0.583 bits per heavy atom. The lowest BCUT2D eigenvalue weighted by Gasteiger charge is -2.44. The number of aromatic nitrogens is 14. The Morgan fingerprint density at radius 3 is 1.75 bits per heavy atom. The van der Waals surface area contributed by atoms with Crippen LogP contribution < -0.4 is 36.8 Å². The monoisotopic (exact) mass is 1570 g/mol. The molecule has 12 heterocycles. The van der Waals surface area contributed by atoms with Crippen LogP contribution in [0, 0.1) is 23.6 Å². The summed E-state index contributed by atoms with van der Waals surface area (Å²) < 4.78 is 42.8. The van der Waals surface area contributed by atoms with E-state index in [0.717, 1.165) is 170 Å². The van der Waals surface area contributed by atoms with Gasteiger partial charge < -0.3 is 41.9 Å². The topological polar surface area (TPSA) is 316 Å². The van der Waals surface area contributed by atoms with E-state index >= 15 is 0 Å². The van der Waals surface area contributed by atoms with Crippen molar-refractivity contribution in [3.8, 4) is 33.8 Å². The van der Waals surface area contributed by atoms with Gasteiger partial charge in [-0.2, -0.15) is 20.4 Å². The molecule has 2 spiro atoms. The Labute approximate surface area is 647 Å². The minimum atomic E-state index is -1.24. The van der Waals surface area contributed by atoms with Gasteiger partial charge in [-0.15, -0.1) is 0 Å². The molecule has 7 aliphatic rings. The Kier molecular flexibility index (Phi) is 21.0. The van der Waals surface area contributed by atoms with Crippen LogP contribution in [0.15, 0.2) is 103 Å². The molecule has 108 heavy (non-hydrogen) atoms. The summed E-state index contributed by atoms with van der Waals surface area (Å²) in [6.07, 6.45) is 16.8. The summed E-state index contributed by atoms with van der Waals surface area (Å²) in [5.41, 5.74) is 29.2. The zero-order valence-corrected chi connectivity index (χ0v) is 64.2. The third kappa shape index (κ3) is 14.6. The molecule has 11 aromatic rings. The first-order chi connectivity index (χ1) is 51.8. The molecule has 2 saturated carbocycles. The standard InChI is InChI=1S/C23H25Cl2FN4.C20H21Cl2FN6.C18H19ClFN5O.C16H21N7/c1-22(26)7-8-23(21(22)27)9-11-30(12-10-23)14-5-6-15-18(13-14)28-29-20(15)16-3-2-4-17(24)19(16)25;21-12-3-1-2-11(15(12)22)16-17-19(28-27-16)26-14(10-25-17)29-8-6-20(7-9-29)5-4-13(23)18(20)24;1-2-18(26)6-8-25(9-7-18)13-10-21-16-15(23-24-17(16)22-13)14-11(19)4-3-5-12(14)20;1-10-11(7-20-22-10)14-15-12(8-18-14)21-13(9-19-15)23-5-3-16(2,17)4-6-23/h2-6,13,21H,7-12,27H2,1H3,(H,28,29);1-3,10,13,18H,4-9,24H2,(H,26,27,28);3-5,10,26H,2,6-9H2,1H3,(H,22,23,24);7,9H,3-6,8,17H2,1-2H3,(H,20,22). The molecule has 4 saturated heterocycles. The van der Waals surface area contributed by atoms with Gasteiger partial charge in [0.05, 0.1) is 95.9 Å². The fourth-order valence-corrected chi connectivity index (χ4v) is 17.6. The Bertz CT molecular complexity index is 5130. The highest BCUT2D eigenvalue weighted by atomic mass is 35.5. The molecule has 2 aliphatic carbocycles. The van der Waals surface area contributed by atoms with E-state index < -0.39 is 23.3 Å². The number of anilines is 4. The van der Waals surface area contributed by atoms with Crippen molar-refractivity contribution < 1.29 is 18.3 Å². The highest BCUT2D eigenvalue weighted by Gasteiger charge is 2.54. The third-order valence-electron chi connectivity index (χ3n) is 23.8. The molecule has 18 rings (SSSR count). The summed E-state index contributed by atoms with van der Waals surface area (Å²) in [7, 11) is 0. The van der Waals surface area contributed by atoms with Crippen LogP contribution >= 0.6 is 58.0 Å². The lowest BCUT2D eigenvalue weighted by Crippen LogP contribution is -2.52. The molecule has 23 nitrogen and oxygen atoms in total. The van der Waals surface area contributed by atoms with Crippen LogP contribution in [0.3, 0.4) is 0 Å². The van der Waals surface area contributed by atoms with Crippen molar-refractivity contribution in [3.63, 3.8) is 0 Å². The first kappa shape index (κ1) is 75.1. The Balaban J connectivity index is 0.000000115. The lowest BCUT2D eigenvalue weighted by molar-refractivity contribution is 0.0124. The van der Waals surface area contributed by atoms with Crippen LogP contribution in [-0.4, -0.2) is 169 Å². The van der Waals surface area contributed by atoms with E-state index in [4.69, 9.17) is 80.2 Å². The number of alkyl halides is 2. The SMILES string of the molecule is CC1(F)CCC2(CCN(c3ccc4c(-c5cccc(Cl)c5Cl)n[nH]c4c3)CC2)C1N.CCC1(O)CCN(c2cnc3c(-c4c(F)cccc4Cl)[nH]nc3n2)CC1.Cc1[nH]ncc1C1=NCc2nc(N3CCC(C)(N)CC3)cnc21.NC1C(F)CCC12CCN(c1cnc3c(-c4cccc(Cl)c4Cl)[nH]nc3n1)CC2. The van der Waals surface area contributed by atoms with E-state index in [9.17, 15) is 18.3 Å². The van der Waals surface area contributed by atoms with Gasteiger partial charge in [0.25, 0.3) is 0 Å². The van der Waals surface area contributed by atoms with Crippen molar-refractivity contribution in [2.75, 3.05) is 72.0 Å². The molecular weight excluding hydrogens is 1480 g/mol. The number of nitrogens with two attached hydrogens (primary N) is 3. The summed E-state index contributed by atoms with van der Waals surface area (Å²) >= 11 is 31.2. The first-order valence-electron chi connectivity index (χ1n) is 36.8. The number of hydrogen-bond acceptors (Lipinski definition) is 19. The molecule has 7 aromatic heterocycles. The largest absolute Gasteiger partial charge is 0.390 e. The van der Waals surface area contributed by atoms with E-state index in [0.29, 0.717) is 105 Å². The number of rotatable bonds is 9. The van der Waals surface area contributed by atoms with Crippen molar-refractivity contribution in [2.45, 2.75) is 153 Å². The maximum atomic E-state index is 14.7. The molecule has 0 amide bonds. The van der Waals surface area contributed by atoms with Crippen molar-refractivity contribution in [1.29, 1.82) is 0 Å². The molecule has 11 N–H and O–H groups in total. The van der Waals surface area contributed by atoms with Gasteiger partial charge in [-0.05, 0) is 158 Å². The Hall–Kier alpha value is -8.31. The number of piperidine rings is 4. The van der Waals surface area contributed by atoms with Crippen molar-refractivity contribution in [3.05, 3.63) is 151 Å². The second-order valence-electron chi connectivity index (χ2n) is 30.4. The molecule has 31 heteroatoms. The van der Waals surface area contributed by atoms with Gasteiger partial charge in [-0.1, -0.05) is 95.3 Å². The molecular formula is C77H86Cl5F3N22O. The first-order valence-corrected chi connectivity index (χ1v) is 38.7. The zero-order valence-electron chi connectivity index (χ0n) is 60.4. The molecule has 4 atom stereocenters. The zero-order chi connectivity index (χ0) is 75.6. The predicted octanol–water partition coefficient (Wildman–Crippen LogP) is 15.1. The quantitative estimate of drug-likeness (QED) is 0.0666. The number of nitrogens with zero attached hydrogens (tertiary/aromatic N) is 15. The number of halogens is 8. The van der Waals surface area contributed by atoms with Gasteiger partial charge in [0.2, 0.25) is 11.3 Å². The van der Waals surface area contributed by atoms with E-state index in [2.05, 4.69) is 115 Å². The van der Waals surface area contributed by atoms with Gasteiger partial charge in [0, 0.05) is 103 Å². The number of fused-ring (bicyclic) bond motifs is 4. The molecule has 0 radical (unpaired) electrons. The minimum Gasteiger partial charge on any atom is -0.390 e. The van der Waals surface area contributed by atoms with Gasteiger partial charge in [0.1, 0.15) is 57.5 Å². The van der Waals surface area contributed by atoms with Crippen LogP contribution in [-0.2, 0) is 6.54 Å². The maximum Gasteiger partial charge on any atom is 0.202 e. The number of aliphatic imine (C=N–C) groups is 1. The van der Waals surface area contributed by atoms with Crippen LogP contribution in [0.25, 0.3) is 67.0 Å². The predicted molar refractivity (Wildman–Crippen MR) is 423 cm³/mol. The molecule has 4 unspecified atom stereocenters. The van der Waals surface area contributed by atoms with E-state index in [1.165, 1.54) is 6.07 Å². The van der Waals surface area contributed by atoms with Gasteiger partial charge in [-0.25, -0.2) is 43.1 Å². The number of aliphatic hydroxyl groups is 1. The number of hydrogen-bond donors (Lipinski definition) is 8. The van der Waals surface area contributed by atoms with E-state index in [-0.39, 0.29) is 39.0 Å². The molecule has 4 aromatic carbocycles. The smallest absolute Gasteiger partial charge is 0.202 e. The summed E-state index contributed by atoms with van der Waals surface area (Å²) in [6, 6.07) is 21.1. The average Bonchev–Trinajstić information content (AvgIpc) is 1.59. The molecule has 5 aliphatic heterocycles. The normalized spacial score (nSPS) is 21.9. The van der Waals surface area contributed by atoms with Crippen molar-refractivity contribution in [2.24, 2.45) is 33.0 Å². The second-order valence-corrected chi connectivity index (χ2v) is 32.4. The highest BCUT2D eigenvalue weighted by molar-refractivity contribution is 6.44. The number of aryl methyl sites for hydroxylation is 1. The summed E-state index contributed by atoms with van der Waals surface area (Å²) in [6.45, 7) is 15.0. The van der Waals surface area contributed by atoms with Crippen LogP contribution in [0.4, 0.5) is 36.3 Å². The Morgan fingerprint density at radius 2 is 1.15 bits per heavy atom. The lowest BCUT2D eigenvalue weighted by atomic mass is 9.73. The summed E-state index contributed by atoms with van der Waals surface area (Å²) in [4.78, 5) is 41.2. The maximum absolute atomic E-state index is 14.7. The number of benzene rings is 4. The van der Waals surface area contributed by atoms with Crippen LogP contribution in [0.2, 0.25) is 25.1 Å². The van der Waals surface area contributed by atoms with Crippen molar-refractivity contribution >= 4 is 120 Å². The van der Waals surface area contributed by atoms with Gasteiger partial charge in [-0.3, -0.25) is 25.4 Å². The summed E-state index contributed by atoms with van der Waals surface area (Å²) in [5, 5.41) is 42.5. The second kappa shape index (κ2) is 30.2. The van der Waals surface area contributed by atoms with Gasteiger partial charge in [0.15, 0.2) is 0 Å². The number of aromatic amines is 4. The van der Waals surface area contributed by atoms with Crippen LogP contribution in [0.1, 0.15) is 127 Å². The van der Waals surface area contributed by atoms with Crippen molar-refractivity contribution in [1.82, 2.24) is 70.7 Å². The minimum absolute atomic E-state index is 0.0598. The van der Waals surface area contributed by atoms with Gasteiger partial charge >= 0.3 is 0 Å². The summed E-state index contributed by atoms with van der Waals surface area (Å²) in [5.74, 6) is 1.96. The molecule has 6 fully saturated rings.